The highest BCUT2D eigenvalue weighted by atomic mass is 15.1. The predicted octanol–water partition coefficient (Wildman–Crippen LogP) is 1.85. The Morgan fingerprint density at radius 3 is 3.00 bits per heavy atom. The molecule has 0 spiro atoms. The maximum Gasteiger partial charge on any atom is 0.131 e. The third kappa shape index (κ3) is 3.84. The average molecular weight is 249 g/mol. The minimum atomic E-state index is 0.434. The van der Waals surface area contributed by atoms with Gasteiger partial charge in [-0.3, -0.25) is 0 Å². The highest BCUT2D eigenvalue weighted by Gasteiger charge is 2.13. The van der Waals surface area contributed by atoms with Crippen LogP contribution in [0, 0.1) is 0 Å². The lowest BCUT2D eigenvalue weighted by Crippen LogP contribution is -2.38. The Hall–Kier alpha value is -1.36. The van der Waals surface area contributed by atoms with E-state index in [0.29, 0.717) is 12.1 Å². The van der Waals surface area contributed by atoms with E-state index in [0.717, 1.165) is 31.1 Å². The van der Waals surface area contributed by atoms with E-state index >= 15 is 0 Å². The van der Waals surface area contributed by atoms with E-state index in [4.69, 9.17) is 0 Å². The van der Waals surface area contributed by atoms with Crippen LogP contribution in [0.25, 0.3) is 0 Å². The first-order valence-corrected chi connectivity index (χ1v) is 6.83. The van der Waals surface area contributed by atoms with Crippen molar-refractivity contribution in [2.45, 2.75) is 45.2 Å². The molecule has 2 atom stereocenters. The van der Waals surface area contributed by atoms with Gasteiger partial charge in [-0.1, -0.05) is 6.92 Å². The van der Waals surface area contributed by atoms with Crippen LogP contribution in [0.3, 0.4) is 0 Å². The second-order valence-corrected chi connectivity index (χ2v) is 4.93. The van der Waals surface area contributed by atoms with Crippen LogP contribution in [0.5, 0.6) is 0 Å². The molecule has 5 nitrogen and oxygen atoms in total. The largest absolute Gasteiger partial charge is 0.367 e. The summed E-state index contributed by atoms with van der Waals surface area (Å²) in [4.78, 5) is 8.52. The molecule has 1 aliphatic rings. The monoisotopic (exact) mass is 249 g/mol. The lowest BCUT2D eigenvalue weighted by Gasteiger charge is -2.24. The van der Waals surface area contributed by atoms with Crippen LogP contribution in [0.15, 0.2) is 12.4 Å². The Morgan fingerprint density at radius 2 is 2.28 bits per heavy atom. The number of nitrogens with one attached hydrogen (secondary N) is 3. The molecule has 0 aromatic carbocycles. The van der Waals surface area contributed by atoms with Crippen molar-refractivity contribution in [2.24, 2.45) is 0 Å². The molecule has 5 heteroatoms. The van der Waals surface area contributed by atoms with E-state index in [2.05, 4.69) is 39.8 Å². The quantitative estimate of drug-likeness (QED) is 0.743. The first kappa shape index (κ1) is 13.1. The summed E-state index contributed by atoms with van der Waals surface area (Å²) in [5.74, 6) is 1.80. The van der Waals surface area contributed by atoms with Gasteiger partial charge in [-0.15, -0.1) is 0 Å². The molecule has 3 N–H and O–H groups in total. The van der Waals surface area contributed by atoms with Gasteiger partial charge < -0.3 is 16.0 Å². The first-order valence-electron chi connectivity index (χ1n) is 6.83. The van der Waals surface area contributed by atoms with Gasteiger partial charge >= 0.3 is 0 Å². The zero-order valence-corrected chi connectivity index (χ0v) is 11.2. The summed E-state index contributed by atoms with van der Waals surface area (Å²) in [6.45, 7) is 6.45. The Kier molecular flexibility index (Phi) is 4.75. The van der Waals surface area contributed by atoms with Gasteiger partial charge in [0.15, 0.2) is 0 Å². The minimum absolute atomic E-state index is 0.434. The number of rotatable bonds is 5. The van der Waals surface area contributed by atoms with Crippen LogP contribution in [-0.4, -0.2) is 35.1 Å². The van der Waals surface area contributed by atoms with Crippen molar-refractivity contribution in [3.63, 3.8) is 0 Å². The Bertz CT molecular complexity index is 362. The van der Waals surface area contributed by atoms with E-state index < -0.39 is 0 Å². The Labute approximate surface area is 109 Å². The second kappa shape index (κ2) is 6.54. The summed E-state index contributed by atoms with van der Waals surface area (Å²) in [7, 11) is 0. The number of nitrogens with zero attached hydrogens (tertiary/aromatic N) is 2. The van der Waals surface area contributed by atoms with Crippen LogP contribution in [-0.2, 0) is 0 Å². The molecule has 0 amide bonds. The molecule has 1 aromatic heterocycles. The molecule has 2 heterocycles. The summed E-state index contributed by atoms with van der Waals surface area (Å²) in [5, 5.41) is 10.2. The number of piperidine rings is 1. The lowest BCUT2D eigenvalue weighted by molar-refractivity contribution is 0.479. The van der Waals surface area contributed by atoms with Gasteiger partial charge in [0.2, 0.25) is 0 Å². The maximum absolute atomic E-state index is 4.28. The fourth-order valence-corrected chi connectivity index (χ4v) is 2.05. The van der Waals surface area contributed by atoms with Crippen LogP contribution >= 0.6 is 0 Å². The van der Waals surface area contributed by atoms with Gasteiger partial charge in [0, 0.05) is 24.7 Å². The lowest BCUT2D eigenvalue weighted by atomic mass is 10.1. The molecule has 100 valence electrons. The predicted molar refractivity (Wildman–Crippen MR) is 74.9 cm³/mol. The number of hydrogen-bond acceptors (Lipinski definition) is 5. The van der Waals surface area contributed by atoms with Gasteiger partial charge in [0.05, 0.1) is 0 Å². The molecule has 18 heavy (non-hydrogen) atoms. The SMILES string of the molecule is CCC(C)Nc1cc(NC2CCCNC2)ncn1. The van der Waals surface area contributed by atoms with Crippen molar-refractivity contribution in [2.75, 3.05) is 23.7 Å². The third-order valence-corrected chi connectivity index (χ3v) is 3.32. The van der Waals surface area contributed by atoms with E-state index in [1.165, 1.54) is 12.8 Å². The molecular formula is C13H23N5. The highest BCUT2D eigenvalue weighted by molar-refractivity contribution is 5.47. The fraction of sp³-hybridized carbons (Fsp3) is 0.692. The van der Waals surface area contributed by atoms with Crippen LogP contribution in [0.1, 0.15) is 33.1 Å². The van der Waals surface area contributed by atoms with Crippen molar-refractivity contribution in [3.8, 4) is 0 Å². The van der Waals surface area contributed by atoms with Crippen LogP contribution in [0.2, 0.25) is 0 Å². The van der Waals surface area contributed by atoms with E-state index in [1.54, 1.807) is 6.33 Å². The smallest absolute Gasteiger partial charge is 0.131 e. The molecular weight excluding hydrogens is 226 g/mol. The van der Waals surface area contributed by atoms with E-state index in [1.807, 2.05) is 6.07 Å². The fourth-order valence-electron chi connectivity index (χ4n) is 2.05. The third-order valence-electron chi connectivity index (χ3n) is 3.32. The molecule has 1 aromatic rings. The zero-order valence-electron chi connectivity index (χ0n) is 11.2. The minimum Gasteiger partial charge on any atom is -0.367 e. The normalized spacial score (nSPS) is 21.3. The van der Waals surface area contributed by atoms with Crippen LogP contribution in [0.4, 0.5) is 11.6 Å². The summed E-state index contributed by atoms with van der Waals surface area (Å²) < 4.78 is 0. The molecule has 0 saturated carbocycles. The standard InChI is InChI=1S/C13H23N5/c1-3-10(2)17-12-7-13(16-9-15-12)18-11-5-4-6-14-8-11/h7,9-11,14H,3-6,8H2,1-2H3,(H2,15,16,17,18). The van der Waals surface area contributed by atoms with Gasteiger partial charge in [0.1, 0.15) is 18.0 Å². The number of aromatic nitrogens is 2. The van der Waals surface area contributed by atoms with Crippen molar-refractivity contribution < 1.29 is 0 Å². The summed E-state index contributed by atoms with van der Waals surface area (Å²) in [5.41, 5.74) is 0. The Balaban J connectivity index is 1.93. The van der Waals surface area contributed by atoms with Gasteiger partial charge in [-0.25, -0.2) is 9.97 Å². The van der Waals surface area contributed by atoms with Crippen molar-refractivity contribution in [1.82, 2.24) is 15.3 Å². The molecule has 0 aliphatic carbocycles. The summed E-state index contributed by atoms with van der Waals surface area (Å²) >= 11 is 0. The maximum atomic E-state index is 4.28. The van der Waals surface area contributed by atoms with Crippen molar-refractivity contribution in [1.29, 1.82) is 0 Å². The first-order chi connectivity index (χ1) is 8.78. The zero-order chi connectivity index (χ0) is 12.8. The molecule has 1 fully saturated rings. The molecule has 2 unspecified atom stereocenters. The van der Waals surface area contributed by atoms with Crippen molar-refractivity contribution >= 4 is 11.6 Å². The van der Waals surface area contributed by atoms with Crippen LogP contribution < -0.4 is 16.0 Å². The summed E-state index contributed by atoms with van der Waals surface area (Å²) in [6, 6.07) is 2.90. The molecule has 1 aliphatic heterocycles. The molecule has 1 saturated heterocycles. The van der Waals surface area contributed by atoms with Gasteiger partial charge in [0.25, 0.3) is 0 Å². The average Bonchev–Trinajstić information content (AvgIpc) is 2.40. The van der Waals surface area contributed by atoms with Crippen molar-refractivity contribution in [3.05, 3.63) is 12.4 Å². The topological polar surface area (TPSA) is 61.9 Å². The van der Waals surface area contributed by atoms with E-state index in [-0.39, 0.29) is 0 Å². The molecule has 0 radical (unpaired) electrons. The Morgan fingerprint density at radius 1 is 1.44 bits per heavy atom. The summed E-state index contributed by atoms with van der Waals surface area (Å²) in [6.07, 6.45) is 5.12. The number of hydrogen-bond donors (Lipinski definition) is 3. The molecule has 0 bridgehead atoms. The van der Waals surface area contributed by atoms with E-state index in [9.17, 15) is 0 Å². The number of anilines is 2. The highest BCUT2D eigenvalue weighted by Crippen LogP contribution is 2.13. The van der Waals surface area contributed by atoms with Gasteiger partial charge in [-0.2, -0.15) is 0 Å². The second-order valence-electron chi connectivity index (χ2n) is 4.93. The molecule has 2 rings (SSSR count). The van der Waals surface area contributed by atoms with Gasteiger partial charge in [-0.05, 0) is 32.7 Å².